The van der Waals surface area contributed by atoms with Crippen LogP contribution in [-0.4, -0.2) is 33.4 Å². The average Bonchev–Trinajstić information content (AvgIpc) is 3.19. The maximum absolute atomic E-state index is 12.1. The molecule has 0 atom stereocenters. The summed E-state index contributed by atoms with van der Waals surface area (Å²) >= 11 is 1.35. The average molecular weight is 342 g/mol. The third-order valence-corrected chi connectivity index (χ3v) is 4.43. The van der Waals surface area contributed by atoms with Crippen molar-refractivity contribution >= 4 is 34.4 Å². The van der Waals surface area contributed by atoms with Crippen LogP contribution in [0.15, 0.2) is 35.7 Å². The van der Waals surface area contributed by atoms with Gasteiger partial charge in [0.25, 0.3) is 0 Å². The molecule has 3 heterocycles. The number of thioether (sulfide) groups is 1. The molecule has 1 aliphatic rings. The van der Waals surface area contributed by atoms with Crippen LogP contribution in [-0.2, 0) is 4.79 Å². The Morgan fingerprint density at radius 1 is 1.33 bits per heavy atom. The van der Waals surface area contributed by atoms with E-state index in [-0.39, 0.29) is 18.5 Å². The number of carbonyl (C=O) groups is 1. The van der Waals surface area contributed by atoms with Crippen molar-refractivity contribution in [1.82, 2.24) is 15.0 Å². The summed E-state index contributed by atoms with van der Waals surface area (Å²) in [6.45, 7) is 2.17. The smallest absolute Gasteiger partial charge is 0.234 e. The van der Waals surface area contributed by atoms with Gasteiger partial charge in [-0.05, 0) is 24.6 Å². The summed E-state index contributed by atoms with van der Waals surface area (Å²) in [6, 6.07) is 5.31. The number of aromatic nitrogens is 3. The van der Waals surface area contributed by atoms with E-state index in [1.54, 1.807) is 30.6 Å². The minimum Gasteiger partial charge on any atom is -0.454 e. The predicted molar refractivity (Wildman–Crippen MR) is 90.5 cm³/mol. The predicted octanol–water partition coefficient (Wildman–Crippen LogP) is 2.73. The molecule has 1 aliphatic heterocycles. The number of nitrogens with zero attached hydrogens (tertiary/aromatic N) is 2. The van der Waals surface area contributed by atoms with Crippen molar-refractivity contribution in [2.45, 2.75) is 12.1 Å². The molecule has 0 fully saturated rings. The summed E-state index contributed by atoms with van der Waals surface area (Å²) in [5.41, 5.74) is 3.42. The summed E-state index contributed by atoms with van der Waals surface area (Å²) in [6.07, 6.45) is 3.50. The van der Waals surface area contributed by atoms with Gasteiger partial charge in [0, 0.05) is 18.0 Å². The molecule has 0 spiro atoms. The lowest BCUT2D eigenvalue weighted by molar-refractivity contribution is -0.113. The van der Waals surface area contributed by atoms with Crippen LogP contribution in [0.25, 0.3) is 11.0 Å². The van der Waals surface area contributed by atoms with Gasteiger partial charge >= 0.3 is 0 Å². The number of imidazole rings is 1. The second-order valence-electron chi connectivity index (χ2n) is 5.30. The Kier molecular flexibility index (Phi) is 3.73. The van der Waals surface area contributed by atoms with Gasteiger partial charge in [0.1, 0.15) is 0 Å². The van der Waals surface area contributed by atoms with Crippen LogP contribution in [0.3, 0.4) is 0 Å². The normalized spacial score (nSPS) is 12.5. The van der Waals surface area contributed by atoms with E-state index in [0.29, 0.717) is 22.3 Å². The van der Waals surface area contributed by atoms with Crippen molar-refractivity contribution in [3.8, 4) is 11.5 Å². The van der Waals surface area contributed by atoms with Crippen molar-refractivity contribution in [2.24, 2.45) is 0 Å². The number of ether oxygens (including phenoxy) is 2. The molecule has 0 unspecified atom stereocenters. The summed E-state index contributed by atoms with van der Waals surface area (Å²) in [5, 5.41) is 3.53. The number of pyridine rings is 1. The highest BCUT2D eigenvalue weighted by Gasteiger charge is 2.14. The van der Waals surface area contributed by atoms with Crippen molar-refractivity contribution in [3.63, 3.8) is 0 Å². The Bertz CT molecular complexity index is 925. The van der Waals surface area contributed by atoms with Gasteiger partial charge in [0.05, 0.1) is 23.0 Å². The number of H-pyrrole nitrogens is 1. The van der Waals surface area contributed by atoms with Crippen LogP contribution in [0.2, 0.25) is 0 Å². The molecule has 2 N–H and O–H groups in total. The van der Waals surface area contributed by atoms with Gasteiger partial charge in [0.2, 0.25) is 12.7 Å². The Hall–Kier alpha value is -2.74. The van der Waals surface area contributed by atoms with Crippen LogP contribution < -0.4 is 14.8 Å². The molecule has 2 aromatic heterocycles. The lowest BCUT2D eigenvalue weighted by Crippen LogP contribution is -2.14. The summed E-state index contributed by atoms with van der Waals surface area (Å²) in [4.78, 5) is 23.9. The van der Waals surface area contributed by atoms with E-state index in [0.717, 1.165) is 16.6 Å². The highest BCUT2D eigenvalue weighted by molar-refractivity contribution is 7.99. The van der Waals surface area contributed by atoms with Gasteiger partial charge in [-0.2, -0.15) is 0 Å². The first-order valence-electron chi connectivity index (χ1n) is 7.32. The lowest BCUT2D eigenvalue weighted by Gasteiger charge is -2.05. The number of fused-ring (bicyclic) bond motifs is 2. The summed E-state index contributed by atoms with van der Waals surface area (Å²) < 4.78 is 10.5. The van der Waals surface area contributed by atoms with Crippen LogP contribution in [0.4, 0.5) is 5.69 Å². The van der Waals surface area contributed by atoms with E-state index in [1.807, 2.05) is 6.92 Å². The number of benzene rings is 1. The topological polar surface area (TPSA) is 89.1 Å². The van der Waals surface area contributed by atoms with Crippen molar-refractivity contribution in [3.05, 3.63) is 36.2 Å². The number of anilines is 1. The molecule has 4 rings (SSSR count). The molecule has 122 valence electrons. The lowest BCUT2D eigenvalue weighted by atomic mass is 10.3. The minimum atomic E-state index is -0.117. The minimum absolute atomic E-state index is 0.117. The first-order chi connectivity index (χ1) is 11.7. The molecule has 24 heavy (non-hydrogen) atoms. The highest BCUT2D eigenvalue weighted by atomic mass is 32.2. The molecule has 1 aromatic carbocycles. The third-order valence-electron chi connectivity index (χ3n) is 3.55. The quantitative estimate of drug-likeness (QED) is 0.709. The molecule has 1 amide bonds. The maximum atomic E-state index is 12.1. The number of nitrogens with one attached hydrogen (secondary N) is 2. The van der Waals surface area contributed by atoms with E-state index in [2.05, 4.69) is 20.3 Å². The number of hydrogen-bond acceptors (Lipinski definition) is 6. The van der Waals surface area contributed by atoms with Crippen LogP contribution in [0, 0.1) is 6.92 Å². The van der Waals surface area contributed by atoms with Crippen molar-refractivity contribution in [2.75, 3.05) is 17.9 Å². The van der Waals surface area contributed by atoms with Gasteiger partial charge in [-0.15, -0.1) is 0 Å². The number of amides is 1. The SMILES string of the molecule is Cc1cncc2[nH]c(SCC(=O)Nc3ccc4c(c3)OCO4)nc12. The summed E-state index contributed by atoms with van der Waals surface area (Å²) in [7, 11) is 0. The third kappa shape index (κ3) is 2.88. The maximum Gasteiger partial charge on any atom is 0.234 e. The van der Waals surface area contributed by atoms with Crippen molar-refractivity contribution < 1.29 is 14.3 Å². The van der Waals surface area contributed by atoms with Crippen LogP contribution >= 0.6 is 11.8 Å². The second kappa shape index (κ2) is 6.04. The number of aryl methyl sites for hydroxylation is 1. The van der Waals surface area contributed by atoms with E-state index < -0.39 is 0 Å². The largest absolute Gasteiger partial charge is 0.454 e. The molecule has 8 heteroatoms. The first-order valence-corrected chi connectivity index (χ1v) is 8.30. The zero-order chi connectivity index (χ0) is 16.5. The zero-order valence-electron chi connectivity index (χ0n) is 12.8. The molecular formula is C16H14N4O3S. The molecule has 0 saturated carbocycles. The zero-order valence-corrected chi connectivity index (χ0v) is 13.6. The Balaban J connectivity index is 1.40. The molecular weight excluding hydrogens is 328 g/mol. The van der Waals surface area contributed by atoms with Gasteiger partial charge in [-0.25, -0.2) is 4.98 Å². The fourth-order valence-corrected chi connectivity index (χ4v) is 3.09. The Morgan fingerprint density at radius 2 is 2.21 bits per heavy atom. The Labute approximate surface area is 141 Å². The van der Waals surface area contributed by atoms with Gasteiger partial charge in [-0.1, -0.05) is 11.8 Å². The van der Waals surface area contributed by atoms with Crippen LogP contribution in [0.5, 0.6) is 11.5 Å². The fourth-order valence-electron chi connectivity index (χ4n) is 2.42. The second-order valence-corrected chi connectivity index (χ2v) is 6.26. The molecule has 0 aliphatic carbocycles. The van der Waals surface area contributed by atoms with E-state index in [9.17, 15) is 4.79 Å². The van der Waals surface area contributed by atoms with E-state index >= 15 is 0 Å². The molecule has 0 saturated heterocycles. The number of carbonyl (C=O) groups excluding carboxylic acids is 1. The first kappa shape index (κ1) is 14.8. The van der Waals surface area contributed by atoms with E-state index in [1.165, 1.54) is 11.8 Å². The fraction of sp³-hybridized carbons (Fsp3) is 0.188. The molecule has 0 bridgehead atoms. The number of rotatable bonds is 4. The standard InChI is InChI=1S/C16H14N4O3S/c1-9-5-17-6-11-15(9)20-16(19-11)24-7-14(21)18-10-2-3-12-13(4-10)23-8-22-12/h2-6H,7-8H2,1H3,(H,18,21)(H,19,20). The number of hydrogen-bond donors (Lipinski definition) is 2. The molecule has 0 radical (unpaired) electrons. The van der Waals surface area contributed by atoms with Gasteiger partial charge < -0.3 is 19.8 Å². The molecule has 7 nitrogen and oxygen atoms in total. The van der Waals surface area contributed by atoms with E-state index in [4.69, 9.17) is 9.47 Å². The molecule has 3 aromatic rings. The van der Waals surface area contributed by atoms with Gasteiger partial charge in [0.15, 0.2) is 16.7 Å². The van der Waals surface area contributed by atoms with Crippen molar-refractivity contribution in [1.29, 1.82) is 0 Å². The Morgan fingerprint density at radius 3 is 3.08 bits per heavy atom. The highest BCUT2D eigenvalue weighted by Crippen LogP contribution is 2.34. The van der Waals surface area contributed by atoms with Crippen LogP contribution in [0.1, 0.15) is 5.56 Å². The van der Waals surface area contributed by atoms with Gasteiger partial charge in [-0.3, -0.25) is 9.78 Å². The number of aromatic amines is 1. The monoisotopic (exact) mass is 342 g/mol. The summed E-state index contributed by atoms with van der Waals surface area (Å²) in [5.74, 6) is 1.46.